The number of carbonyl (C=O) groups is 2. The minimum Gasteiger partial charge on any atom is -0.488 e. The fourth-order valence-electron chi connectivity index (χ4n) is 2.38. The molecule has 0 aliphatic heterocycles. The summed E-state index contributed by atoms with van der Waals surface area (Å²) >= 11 is 1.03. The molecule has 2 rings (SSSR count). The van der Waals surface area contributed by atoms with Gasteiger partial charge in [0.2, 0.25) is 0 Å². The van der Waals surface area contributed by atoms with E-state index in [2.05, 4.69) is 5.32 Å². The van der Waals surface area contributed by atoms with Gasteiger partial charge in [0.05, 0.1) is 9.82 Å². The van der Waals surface area contributed by atoms with Gasteiger partial charge in [0.15, 0.2) is 0 Å². The van der Waals surface area contributed by atoms with Crippen molar-refractivity contribution in [2.75, 3.05) is 5.75 Å². The second-order valence-electron chi connectivity index (χ2n) is 7.51. The number of carboxylic acids is 1. The van der Waals surface area contributed by atoms with Crippen molar-refractivity contribution >= 4 is 29.5 Å². The molecule has 2 aromatic carbocycles. The highest BCUT2D eigenvalue weighted by Gasteiger charge is 2.25. The average Bonchev–Trinajstić information content (AvgIpc) is 2.69. The van der Waals surface area contributed by atoms with Gasteiger partial charge in [-0.25, -0.2) is 9.59 Å². The third-order valence-corrected chi connectivity index (χ3v) is 4.90. The Hall–Kier alpha value is -3.27. The summed E-state index contributed by atoms with van der Waals surface area (Å²) < 4.78 is 10.9. The van der Waals surface area contributed by atoms with Gasteiger partial charge >= 0.3 is 12.1 Å². The Morgan fingerprint density at radius 2 is 1.87 bits per heavy atom. The molecule has 1 amide bonds. The molecule has 9 nitrogen and oxygen atoms in total. The summed E-state index contributed by atoms with van der Waals surface area (Å²) in [5, 5.41) is 22.9. The maximum absolute atomic E-state index is 11.9. The summed E-state index contributed by atoms with van der Waals surface area (Å²) in [4.78, 5) is 34.5. The lowest BCUT2D eigenvalue weighted by Gasteiger charge is -2.22. The van der Waals surface area contributed by atoms with Crippen LogP contribution in [0.2, 0.25) is 0 Å². The van der Waals surface area contributed by atoms with E-state index in [0.29, 0.717) is 10.6 Å². The van der Waals surface area contributed by atoms with E-state index in [0.717, 1.165) is 17.3 Å². The minimum atomic E-state index is -1.26. The molecule has 0 fully saturated rings. The lowest BCUT2D eigenvalue weighted by Crippen LogP contribution is -2.44. The van der Waals surface area contributed by atoms with Gasteiger partial charge in [0.1, 0.15) is 24.0 Å². The van der Waals surface area contributed by atoms with Gasteiger partial charge in [0, 0.05) is 17.9 Å². The molecule has 2 N–H and O–H groups in total. The van der Waals surface area contributed by atoms with E-state index < -0.39 is 28.6 Å². The zero-order valence-electron chi connectivity index (χ0n) is 17.4. The van der Waals surface area contributed by atoms with Gasteiger partial charge in [-0.1, -0.05) is 30.3 Å². The number of benzene rings is 2. The molecule has 0 aliphatic carbocycles. The second kappa shape index (κ2) is 10.7. The van der Waals surface area contributed by atoms with E-state index in [-0.39, 0.29) is 18.0 Å². The number of aliphatic carboxylic acids is 1. The largest absolute Gasteiger partial charge is 0.488 e. The number of thioether (sulfide) groups is 1. The maximum Gasteiger partial charge on any atom is 0.408 e. The first kappa shape index (κ1) is 24.0. The van der Waals surface area contributed by atoms with Gasteiger partial charge in [0.25, 0.3) is 5.69 Å². The highest BCUT2D eigenvalue weighted by atomic mass is 32.2. The van der Waals surface area contributed by atoms with E-state index in [1.54, 1.807) is 20.8 Å². The third-order valence-electron chi connectivity index (χ3n) is 3.77. The maximum atomic E-state index is 11.9. The van der Waals surface area contributed by atoms with Crippen LogP contribution < -0.4 is 10.1 Å². The molecule has 0 unspecified atom stereocenters. The van der Waals surface area contributed by atoms with E-state index in [1.807, 2.05) is 30.3 Å². The monoisotopic (exact) mass is 448 g/mol. The Morgan fingerprint density at radius 3 is 2.45 bits per heavy atom. The number of nitrogens with one attached hydrogen (secondary N) is 1. The van der Waals surface area contributed by atoms with Gasteiger partial charge in [-0.2, -0.15) is 0 Å². The molecule has 10 heteroatoms. The highest BCUT2D eigenvalue weighted by Crippen LogP contribution is 2.34. The number of carbonyl (C=O) groups excluding carboxylic acids is 1. The zero-order chi connectivity index (χ0) is 23.0. The molecule has 0 radical (unpaired) electrons. The number of nitro groups is 1. The molecule has 0 saturated heterocycles. The summed E-state index contributed by atoms with van der Waals surface area (Å²) in [5.41, 5.74) is -0.0213. The Labute approximate surface area is 183 Å². The van der Waals surface area contributed by atoms with Crippen LogP contribution in [0.3, 0.4) is 0 Å². The van der Waals surface area contributed by atoms with Crippen LogP contribution in [0.1, 0.15) is 26.3 Å². The van der Waals surface area contributed by atoms with Crippen LogP contribution in [-0.4, -0.2) is 39.5 Å². The van der Waals surface area contributed by atoms with Crippen LogP contribution >= 0.6 is 11.8 Å². The highest BCUT2D eigenvalue weighted by molar-refractivity contribution is 7.99. The number of alkyl carbamates (subject to hydrolysis) is 1. The lowest BCUT2D eigenvalue weighted by atomic mass is 10.2. The quantitative estimate of drug-likeness (QED) is 0.331. The Bertz CT molecular complexity index is 929. The number of hydrogen-bond donors (Lipinski definition) is 2. The summed E-state index contributed by atoms with van der Waals surface area (Å²) in [6.07, 6.45) is -0.861. The molecule has 166 valence electrons. The standard InChI is InChI=1S/C21H24N2O7S/c1-21(2,3)30-20(26)22-16(19(24)25)13-31-18-11-15(23(27)28)9-10-17(18)29-12-14-7-5-4-6-8-14/h4-11,16H,12-13H2,1-3H3,(H,22,26)(H,24,25)/t16-/m0/s1. The molecule has 1 atom stereocenters. The van der Waals surface area contributed by atoms with Crippen LogP contribution in [0.15, 0.2) is 53.4 Å². The zero-order valence-corrected chi connectivity index (χ0v) is 18.2. The van der Waals surface area contributed by atoms with Crippen LogP contribution in [0, 0.1) is 10.1 Å². The predicted octanol–water partition coefficient (Wildman–Crippen LogP) is 4.24. The van der Waals surface area contributed by atoms with Crippen molar-refractivity contribution in [2.24, 2.45) is 0 Å². The van der Waals surface area contributed by atoms with Crippen molar-refractivity contribution in [1.82, 2.24) is 5.32 Å². The number of nitrogens with zero attached hydrogens (tertiary/aromatic N) is 1. The van der Waals surface area contributed by atoms with E-state index >= 15 is 0 Å². The van der Waals surface area contributed by atoms with Crippen LogP contribution in [0.25, 0.3) is 0 Å². The molecular weight excluding hydrogens is 424 g/mol. The summed E-state index contributed by atoms with van der Waals surface area (Å²) in [6.45, 7) is 5.23. The van der Waals surface area contributed by atoms with Crippen LogP contribution in [0.4, 0.5) is 10.5 Å². The molecule has 31 heavy (non-hydrogen) atoms. The number of non-ortho nitro benzene ring substituents is 1. The Morgan fingerprint density at radius 1 is 1.19 bits per heavy atom. The molecule has 0 heterocycles. The molecule has 0 bridgehead atoms. The third kappa shape index (κ3) is 8.17. The topological polar surface area (TPSA) is 128 Å². The van der Waals surface area contributed by atoms with E-state index in [1.165, 1.54) is 18.2 Å². The molecule has 0 aromatic heterocycles. The Balaban J connectivity index is 2.13. The van der Waals surface area contributed by atoms with Gasteiger partial charge in [-0.15, -0.1) is 11.8 Å². The molecule has 0 saturated carbocycles. The van der Waals surface area contributed by atoms with Gasteiger partial charge in [-0.3, -0.25) is 10.1 Å². The van der Waals surface area contributed by atoms with Gasteiger partial charge < -0.3 is 19.9 Å². The summed E-state index contributed by atoms with van der Waals surface area (Å²) in [7, 11) is 0. The number of rotatable bonds is 9. The van der Waals surface area contributed by atoms with Crippen LogP contribution in [-0.2, 0) is 16.1 Å². The normalized spacial score (nSPS) is 12.0. The van der Waals surface area contributed by atoms with E-state index in [4.69, 9.17) is 9.47 Å². The number of hydrogen-bond acceptors (Lipinski definition) is 7. The summed E-state index contributed by atoms with van der Waals surface area (Å²) in [6, 6.07) is 12.2. The molecule has 0 aliphatic rings. The van der Waals surface area contributed by atoms with Crippen molar-refractivity contribution in [2.45, 2.75) is 43.9 Å². The van der Waals surface area contributed by atoms with Crippen molar-refractivity contribution in [3.8, 4) is 5.75 Å². The van der Waals surface area contributed by atoms with Crippen LogP contribution in [0.5, 0.6) is 5.75 Å². The van der Waals surface area contributed by atoms with Gasteiger partial charge in [-0.05, 0) is 32.4 Å². The number of ether oxygens (including phenoxy) is 2. The molecular formula is C21H24N2O7S. The number of amides is 1. The second-order valence-corrected chi connectivity index (χ2v) is 8.57. The van der Waals surface area contributed by atoms with Crippen molar-refractivity contribution in [1.29, 1.82) is 0 Å². The predicted molar refractivity (Wildman–Crippen MR) is 115 cm³/mol. The fourth-order valence-corrected chi connectivity index (χ4v) is 3.42. The Kier molecular flexibility index (Phi) is 8.26. The fraction of sp³-hybridized carbons (Fsp3) is 0.333. The van der Waals surface area contributed by atoms with Crippen molar-refractivity contribution < 1.29 is 29.1 Å². The molecule has 0 spiro atoms. The minimum absolute atomic E-state index is 0.0859. The van der Waals surface area contributed by atoms with Crippen molar-refractivity contribution in [3.63, 3.8) is 0 Å². The first-order chi connectivity index (χ1) is 14.5. The first-order valence-electron chi connectivity index (χ1n) is 9.35. The van der Waals surface area contributed by atoms with Crippen molar-refractivity contribution in [3.05, 3.63) is 64.2 Å². The lowest BCUT2D eigenvalue weighted by molar-refractivity contribution is -0.385. The SMILES string of the molecule is CC(C)(C)OC(=O)N[C@@H](CSc1cc([N+](=O)[O-])ccc1OCc1ccccc1)C(=O)O. The first-order valence-corrected chi connectivity index (χ1v) is 10.3. The number of carboxylic acid groups (broad SMARTS) is 1. The smallest absolute Gasteiger partial charge is 0.408 e. The average molecular weight is 448 g/mol. The van der Waals surface area contributed by atoms with E-state index in [9.17, 15) is 24.8 Å². The molecule has 2 aromatic rings. The summed E-state index contributed by atoms with van der Waals surface area (Å²) in [5.74, 6) is -0.964. The number of nitro benzene ring substituents is 1.